The van der Waals surface area contributed by atoms with Gasteiger partial charge in [-0.05, 0) is 51.8 Å². The lowest BCUT2D eigenvalue weighted by molar-refractivity contribution is 0.0198. The molecule has 0 unspecified atom stereocenters. The second kappa shape index (κ2) is 10.0. The number of halogens is 1. The van der Waals surface area contributed by atoms with Crippen LogP contribution in [-0.2, 0) is 21.1 Å². The third-order valence-corrected chi connectivity index (χ3v) is 6.18. The van der Waals surface area contributed by atoms with Gasteiger partial charge < -0.3 is 20.3 Å². The predicted octanol–water partition coefficient (Wildman–Crippen LogP) is 3.25. The number of nitrogens with zero attached hydrogens (tertiary/aromatic N) is 3. The molecule has 1 amide bonds. The fourth-order valence-corrected chi connectivity index (χ4v) is 4.00. The van der Waals surface area contributed by atoms with Crippen LogP contribution in [0.1, 0.15) is 39.3 Å². The third-order valence-electron chi connectivity index (χ3n) is 5.07. The van der Waals surface area contributed by atoms with Crippen LogP contribution in [0.15, 0.2) is 35.5 Å². The van der Waals surface area contributed by atoms with E-state index >= 15 is 0 Å². The van der Waals surface area contributed by atoms with Crippen molar-refractivity contribution in [3.63, 3.8) is 0 Å². The van der Waals surface area contributed by atoms with E-state index in [0.29, 0.717) is 25.5 Å². The maximum atomic E-state index is 14.3. The van der Waals surface area contributed by atoms with Crippen molar-refractivity contribution in [3.05, 3.63) is 42.1 Å². The lowest BCUT2D eigenvalue weighted by Gasteiger charge is -2.33. The molecule has 11 heteroatoms. The topological polar surface area (TPSA) is 114 Å². The summed E-state index contributed by atoms with van der Waals surface area (Å²) < 4.78 is 42.9. The van der Waals surface area contributed by atoms with Crippen LogP contribution in [0, 0.1) is 5.82 Å². The molecule has 1 saturated heterocycles. The molecule has 1 aromatic heterocycles. The van der Waals surface area contributed by atoms with Gasteiger partial charge in [0.2, 0.25) is 0 Å². The Hall–Kier alpha value is -2.79. The smallest absolute Gasteiger partial charge is 0.410 e. The van der Waals surface area contributed by atoms with Crippen molar-refractivity contribution in [2.45, 2.75) is 56.7 Å². The summed E-state index contributed by atoms with van der Waals surface area (Å²) in [6, 6.07) is 5.62. The highest BCUT2D eigenvalue weighted by Crippen LogP contribution is 2.22. The lowest BCUT2D eigenvalue weighted by Crippen LogP contribution is -2.46. The van der Waals surface area contributed by atoms with E-state index in [4.69, 9.17) is 4.74 Å². The molecule has 9 nitrogen and oxygen atoms in total. The van der Waals surface area contributed by atoms with E-state index < -0.39 is 21.3 Å². The number of amides is 1. The molecule has 0 atom stereocenters. The molecule has 0 spiro atoms. The van der Waals surface area contributed by atoms with Crippen molar-refractivity contribution in [3.8, 4) is 0 Å². The van der Waals surface area contributed by atoms with Gasteiger partial charge >= 0.3 is 6.09 Å². The average Bonchev–Trinajstić information content (AvgIpc) is 2.72. The minimum absolute atomic E-state index is 0.0872. The Bertz CT molecular complexity index is 1100. The van der Waals surface area contributed by atoms with Gasteiger partial charge in [-0.25, -0.2) is 27.6 Å². The Morgan fingerprint density at radius 2 is 1.91 bits per heavy atom. The quantitative estimate of drug-likeness (QED) is 0.649. The number of aromatic nitrogens is 2. The first-order chi connectivity index (χ1) is 15.4. The van der Waals surface area contributed by atoms with Crippen LogP contribution in [0.5, 0.6) is 0 Å². The molecule has 2 N–H and O–H groups in total. The predicted molar refractivity (Wildman–Crippen MR) is 122 cm³/mol. The summed E-state index contributed by atoms with van der Waals surface area (Å²) >= 11 is 0. The van der Waals surface area contributed by atoms with Crippen LogP contribution in [0.4, 0.5) is 20.7 Å². The first kappa shape index (κ1) is 24.8. The largest absolute Gasteiger partial charge is 0.444 e. The van der Waals surface area contributed by atoms with E-state index in [9.17, 15) is 17.6 Å². The number of rotatable bonds is 6. The van der Waals surface area contributed by atoms with Gasteiger partial charge in [-0.3, -0.25) is 0 Å². The van der Waals surface area contributed by atoms with E-state index in [1.54, 1.807) is 11.0 Å². The van der Waals surface area contributed by atoms with E-state index in [0.717, 1.165) is 30.9 Å². The summed E-state index contributed by atoms with van der Waals surface area (Å²) in [6.45, 7) is 7.27. The van der Waals surface area contributed by atoms with Crippen molar-refractivity contribution in [2.75, 3.05) is 24.7 Å². The van der Waals surface area contributed by atoms with Crippen molar-refractivity contribution in [1.82, 2.24) is 20.2 Å². The summed E-state index contributed by atoms with van der Waals surface area (Å²) in [7, 11) is -3.49. The molecular formula is C22H30FN5O4S. The van der Waals surface area contributed by atoms with Crippen molar-refractivity contribution in [2.24, 2.45) is 0 Å². The molecule has 0 saturated carbocycles. The highest BCUT2D eigenvalue weighted by Gasteiger charge is 2.26. The number of benzene rings is 1. The Labute approximate surface area is 193 Å². The molecule has 0 aliphatic carbocycles. The minimum atomic E-state index is -3.49. The van der Waals surface area contributed by atoms with Crippen LogP contribution < -0.4 is 10.6 Å². The minimum Gasteiger partial charge on any atom is -0.444 e. The van der Waals surface area contributed by atoms with Gasteiger partial charge in [0.1, 0.15) is 23.6 Å². The molecule has 2 aromatic rings. The van der Waals surface area contributed by atoms with E-state index in [1.165, 1.54) is 18.5 Å². The molecule has 0 bridgehead atoms. The lowest BCUT2D eigenvalue weighted by atomic mass is 10.1. The number of piperidine rings is 1. The number of sulfone groups is 1. The van der Waals surface area contributed by atoms with Crippen LogP contribution in [0.2, 0.25) is 0 Å². The summed E-state index contributed by atoms with van der Waals surface area (Å²) in [4.78, 5) is 22.2. The van der Waals surface area contributed by atoms with Gasteiger partial charge in [0.15, 0.2) is 9.84 Å². The first-order valence-corrected chi connectivity index (χ1v) is 12.6. The van der Waals surface area contributed by atoms with Crippen molar-refractivity contribution < 1.29 is 22.3 Å². The van der Waals surface area contributed by atoms with E-state index in [2.05, 4.69) is 20.6 Å². The molecule has 1 aromatic carbocycles. The standard InChI is InChI=1S/C22H30FN5O4S/c1-22(2,3)32-21(29)28-9-7-15(8-10-28)24-13-16-11-20(26-14-25-16)27-19-6-5-17(12-18(19)23)33(4,30)31/h5-6,11-12,14-15,24H,7-10,13H2,1-4H3,(H,25,26,27). The zero-order valence-corrected chi connectivity index (χ0v) is 20.1. The Balaban J connectivity index is 1.53. The van der Waals surface area contributed by atoms with Crippen LogP contribution in [0.3, 0.4) is 0 Å². The molecule has 3 rings (SSSR count). The molecule has 1 fully saturated rings. The number of ether oxygens (including phenoxy) is 1. The molecule has 180 valence electrons. The summed E-state index contributed by atoms with van der Waals surface area (Å²) in [6.07, 6.45) is 3.72. The van der Waals surface area contributed by atoms with Gasteiger partial charge in [0.25, 0.3) is 0 Å². The van der Waals surface area contributed by atoms with Gasteiger partial charge in [0, 0.05) is 38.0 Å². The highest BCUT2D eigenvalue weighted by molar-refractivity contribution is 7.90. The Morgan fingerprint density at radius 1 is 1.21 bits per heavy atom. The number of hydrogen-bond acceptors (Lipinski definition) is 8. The number of carbonyl (C=O) groups is 1. The highest BCUT2D eigenvalue weighted by atomic mass is 32.2. The number of nitrogens with one attached hydrogen (secondary N) is 2. The molecule has 0 radical (unpaired) electrons. The van der Waals surface area contributed by atoms with Crippen LogP contribution in [-0.4, -0.2) is 60.4 Å². The fourth-order valence-electron chi connectivity index (χ4n) is 3.37. The van der Waals surface area contributed by atoms with Crippen LogP contribution in [0.25, 0.3) is 0 Å². The molecule has 1 aliphatic heterocycles. The number of anilines is 2. The maximum absolute atomic E-state index is 14.3. The molecule has 33 heavy (non-hydrogen) atoms. The monoisotopic (exact) mass is 479 g/mol. The van der Waals surface area contributed by atoms with E-state index in [1.807, 2.05) is 20.8 Å². The number of hydrogen-bond donors (Lipinski definition) is 2. The van der Waals surface area contributed by atoms with Gasteiger partial charge in [-0.1, -0.05) is 0 Å². The van der Waals surface area contributed by atoms with Gasteiger partial charge in [-0.2, -0.15) is 0 Å². The summed E-state index contributed by atoms with van der Waals surface area (Å²) in [5.74, 6) is -0.291. The zero-order valence-electron chi connectivity index (χ0n) is 19.3. The van der Waals surface area contributed by atoms with Crippen molar-refractivity contribution in [1.29, 1.82) is 0 Å². The van der Waals surface area contributed by atoms with E-state index in [-0.39, 0.29) is 22.7 Å². The van der Waals surface area contributed by atoms with Gasteiger partial charge in [-0.15, -0.1) is 0 Å². The maximum Gasteiger partial charge on any atom is 0.410 e. The molecule has 1 aliphatic rings. The summed E-state index contributed by atoms with van der Waals surface area (Å²) in [5, 5.41) is 6.29. The second-order valence-electron chi connectivity index (χ2n) is 9.06. The Morgan fingerprint density at radius 3 is 2.52 bits per heavy atom. The van der Waals surface area contributed by atoms with Gasteiger partial charge in [0.05, 0.1) is 16.3 Å². The average molecular weight is 480 g/mol. The number of carbonyl (C=O) groups excluding carboxylic acids is 1. The third kappa shape index (κ3) is 7.36. The zero-order chi connectivity index (χ0) is 24.2. The Kier molecular flexibility index (Phi) is 7.53. The fraction of sp³-hybridized carbons (Fsp3) is 0.500. The first-order valence-electron chi connectivity index (χ1n) is 10.7. The second-order valence-corrected chi connectivity index (χ2v) is 11.1. The van der Waals surface area contributed by atoms with Crippen LogP contribution >= 0.6 is 0 Å². The SMILES string of the molecule is CC(C)(C)OC(=O)N1CCC(NCc2cc(Nc3ccc(S(C)(=O)=O)cc3F)ncn2)CC1. The molecule has 2 heterocycles. The number of likely N-dealkylation sites (tertiary alicyclic amines) is 1. The molecular weight excluding hydrogens is 449 g/mol. The summed E-state index contributed by atoms with van der Waals surface area (Å²) in [5.41, 5.74) is 0.327. The van der Waals surface area contributed by atoms with Crippen molar-refractivity contribution >= 4 is 27.4 Å². The normalized spacial score (nSPS) is 15.4.